The quantitative estimate of drug-likeness (QED) is 0.392. The number of hydrogen-bond donors (Lipinski definition) is 1. The summed E-state index contributed by atoms with van der Waals surface area (Å²) in [5.41, 5.74) is -0.0591. The van der Waals surface area contributed by atoms with Crippen molar-refractivity contribution < 1.29 is 28.7 Å². The molecule has 0 aliphatic carbocycles. The average Bonchev–Trinajstić information content (AvgIpc) is 3.28. The van der Waals surface area contributed by atoms with Gasteiger partial charge in [0.15, 0.2) is 12.4 Å². The molecule has 9 heteroatoms. The molecule has 0 saturated carbocycles. The predicted molar refractivity (Wildman–Crippen MR) is 107 cm³/mol. The van der Waals surface area contributed by atoms with Gasteiger partial charge >= 0.3 is 12.0 Å². The van der Waals surface area contributed by atoms with Crippen LogP contribution < -0.4 is 10.2 Å². The fourth-order valence-electron chi connectivity index (χ4n) is 3.72. The van der Waals surface area contributed by atoms with Gasteiger partial charge in [0.2, 0.25) is 5.91 Å². The molecule has 2 fully saturated rings. The van der Waals surface area contributed by atoms with Crippen LogP contribution in [0.5, 0.6) is 0 Å². The Bertz CT molecular complexity index is 892. The highest BCUT2D eigenvalue weighted by molar-refractivity contribution is 6.09. The maximum absolute atomic E-state index is 12.5. The van der Waals surface area contributed by atoms with E-state index in [1.807, 2.05) is 0 Å². The van der Waals surface area contributed by atoms with Crippen LogP contribution >= 0.6 is 0 Å². The molecule has 160 valence electrons. The van der Waals surface area contributed by atoms with E-state index in [0.717, 1.165) is 11.3 Å². The van der Waals surface area contributed by atoms with Crippen LogP contribution in [0.2, 0.25) is 0 Å². The van der Waals surface area contributed by atoms with Gasteiger partial charge in [0.25, 0.3) is 5.91 Å². The third-order valence-electron chi connectivity index (χ3n) is 5.66. The molecular formula is C21H25N3O6. The van der Waals surface area contributed by atoms with Crippen molar-refractivity contribution in [1.82, 2.24) is 10.2 Å². The van der Waals surface area contributed by atoms with Gasteiger partial charge in [-0.2, -0.15) is 0 Å². The Morgan fingerprint density at radius 2 is 1.90 bits per heavy atom. The predicted octanol–water partition coefficient (Wildman–Crippen LogP) is 1.65. The molecule has 0 radical (unpaired) electrons. The summed E-state index contributed by atoms with van der Waals surface area (Å²) in [6.45, 7) is 3.10. The van der Waals surface area contributed by atoms with E-state index in [1.54, 1.807) is 43.0 Å². The molecular weight excluding hydrogens is 390 g/mol. The lowest BCUT2D eigenvalue weighted by atomic mass is 9.93. The highest BCUT2D eigenvalue weighted by Crippen LogP contribution is 2.25. The standard InChI is InChI=1S/C21H25N3O6/c1-3-21(4-2)19(28)24(20(29)22-21)12-18(27)30-13-16(25)14-7-5-8-15(11-14)23-10-6-9-17(23)26/h5,7-8,11H,3-4,6,9-10,12-13H2,1-2H3,(H,22,29). The number of carbonyl (C=O) groups is 5. The van der Waals surface area contributed by atoms with E-state index in [4.69, 9.17) is 4.74 Å². The first-order chi connectivity index (χ1) is 14.3. The second-order valence-electron chi connectivity index (χ2n) is 7.39. The minimum atomic E-state index is -0.999. The Kier molecular flexibility index (Phi) is 6.19. The van der Waals surface area contributed by atoms with E-state index >= 15 is 0 Å². The van der Waals surface area contributed by atoms with Crippen molar-refractivity contribution in [3.05, 3.63) is 29.8 Å². The number of Topliss-reactive ketones (excluding diaryl/α,β-unsaturated/α-hetero) is 1. The zero-order valence-electron chi connectivity index (χ0n) is 17.1. The lowest BCUT2D eigenvalue weighted by molar-refractivity contribution is -0.146. The van der Waals surface area contributed by atoms with Gasteiger partial charge in [-0.05, 0) is 31.4 Å². The number of carbonyl (C=O) groups excluding carboxylic acids is 5. The fraction of sp³-hybridized carbons (Fsp3) is 0.476. The number of ether oxygens (including phenoxy) is 1. The Balaban J connectivity index is 1.58. The van der Waals surface area contributed by atoms with Gasteiger partial charge in [-0.1, -0.05) is 26.0 Å². The molecule has 2 aliphatic heterocycles. The number of imide groups is 1. The molecule has 2 saturated heterocycles. The smallest absolute Gasteiger partial charge is 0.326 e. The Morgan fingerprint density at radius 3 is 2.50 bits per heavy atom. The van der Waals surface area contributed by atoms with Crippen molar-refractivity contribution in [3.8, 4) is 0 Å². The third kappa shape index (κ3) is 4.05. The monoisotopic (exact) mass is 415 g/mol. The molecule has 0 aromatic heterocycles. The summed E-state index contributed by atoms with van der Waals surface area (Å²) in [5, 5.41) is 2.63. The van der Waals surface area contributed by atoms with Crippen LogP contribution in [-0.4, -0.2) is 59.7 Å². The Morgan fingerprint density at radius 1 is 1.17 bits per heavy atom. The van der Waals surface area contributed by atoms with E-state index in [9.17, 15) is 24.0 Å². The average molecular weight is 415 g/mol. The van der Waals surface area contributed by atoms with Gasteiger partial charge in [0.1, 0.15) is 12.1 Å². The molecule has 0 spiro atoms. The Hall–Kier alpha value is -3.23. The Labute approximate surface area is 174 Å². The number of nitrogens with one attached hydrogen (secondary N) is 1. The molecule has 30 heavy (non-hydrogen) atoms. The number of urea groups is 1. The van der Waals surface area contributed by atoms with Crippen molar-refractivity contribution in [2.45, 2.75) is 45.1 Å². The van der Waals surface area contributed by atoms with Crippen LogP contribution in [0.1, 0.15) is 49.9 Å². The SMILES string of the molecule is CCC1(CC)NC(=O)N(CC(=O)OCC(=O)c2cccc(N3CCCC3=O)c2)C1=O. The zero-order valence-corrected chi connectivity index (χ0v) is 17.1. The second-order valence-corrected chi connectivity index (χ2v) is 7.39. The summed E-state index contributed by atoms with van der Waals surface area (Å²) in [6.07, 6.45) is 2.08. The summed E-state index contributed by atoms with van der Waals surface area (Å²) in [6, 6.07) is 5.94. The maximum atomic E-state index is 12.5. The van der Waals surface area contributed by atoms with Crippen LogP contribution in [0, 0.1) is 0 Å². The molecule has 2 aliphatic rings. The highest BCUT2D eigenvalue weighted by Gasteiger charge is 2.49. The molecule has 1 aromatic carbocycles. The van der Waals surface area contributed by atoms with Gasteiger partial charge in [0.05, 0.1) is 0 Å². The molecule has 0 bridgehead atoms. The largest absolute Gasteiger partial charge is 0.456 e. The summed E-state index contributed by atoms with van der Waals surface area (Å²) in [7, 11) is 0. The molecule has 1 N–H and O–H groups in total. The first-order valence-electron chi connectivity index (χ1n) is 10.0. The van der Waals surface area contributed by atoms with Crippen LogP contribution in [0.15, 0.2) is 24.3 Å². The summed E-state index contributed by atoms with van der Waals surface area (Å²) >= 11 is 0. The highest BCUT2D eigenvalue weighted by atomic mass is 16.5. The molecule has 1 aromatic rings. The van der Waals surface area contributed by atoms with Gasteiger partial charge in [0, 0.05) is 24.2 Å². The van der Waals surface area contributed by atoms with Crippen LogP contribution in [0.4, 0.5) is 10.5 Å². The van der Waals surface area contributed by atoms with E-state index < -0.39 is 42.4 Å². The van der Waals surface area contributed by atoms with E-state index in [1.165, 1.54) is 0 Å². The van der Waals surface area contributed by atoms with Crippen LogP contribution in [0.25, 0.3) is 0 Å². The van der Waals surface area contributed by atoms with Crippen LogP contribution in [0.3, 0.4) is 0 Å². The first-order valence-corrected chi connectivity index (χ1v) is 10.0. The summed E-state index contributed by atoms with van der Waals surface area (Å²) in [4.78, 5) is 63.5. The van der Waals surface area contributed by atoms with Crippen molar-refractivity contribution in [2.75, 3.05) is 24.6 Å². The lowest BCUT2D eigenvalue weighted by Crippen LogP contribution is -2.46. The summed E-state index contributed by atoms with van der Waals surface area (Å²) in [5.74, 6) is -1.75. The van der Waals surface area contributed by atoms with Crippen molar-refractivity contribution in [2.24, 2.45) is 0 Å². The zero-order chi connectivity index (χ0) is 21.9. The van der Waals surface area contributed by atoms with E-state index in [0.29, 0.717) is 37.1 Å². The minimum absolute atomic E-state index is 0.00909. The van der Waals surface area contributed by atoms with Gasteiger partial charge in [-0.25, -0.2) is 4.79 Å². The number of amides is 4. The number of nitrogens with zero attached hydrogens (tertiary/aromatic N) is 2. The maximum Gasteiger partial charge on any atom is 0.326 e. The number of rotatable bonds is 8. The molecule has 4 amide bonds. The fourth-order valence-corrected chi connectivity index (χ4v) is 3.72. The molecule has 0 atom stereocenters. The van der Waals surface area contributed by atoms with Crippen molar-refractivity contribution in [3.63, 3.8) is 0 Å². The number of benzene rings is 1. The van der Waals surface area contributed by atoms with Crippen LogP contribution in [-0.2, 0) is 19.1 Å². The first kappa shape index (κ1) is 21.5. The molecule has 9 nitrogen and oxygen atoms in total. The number of esters is 1. The minimum Gasteiger partial charge on any atom is -0.456 e. The van der Waals surface area contributed by atoms with E-state index in [2.05, 4.69) is 5.32 Å². The van der Waals surface area contributed by atoms with Crippen molar-refractivity contribution in [1.29, 1.82) is 0 Å². The topological polar surface area (TPSA) is 113 Å². The third-order valence-corrected chi connectivity index (χ3v) is 5.66. The summed E-state index contributed by atoms with van der Waals surface area (Å²) < 4.78 is 5.00. The molecule has 2 heterocycles. The number of anilines is 1. The van der Waals surface area contributed by atoms with Gasteiger partial charge in [-0.15, -0.1) is 0 Å². The molecule has 0 unspecified atom stereocenters. The van der Waals surface area contributed by atoms with E-state index in [-0.39, 0.29) is 5.91 Å². The normalized spacial score (nSPS) is 18.0. The van der Waals surface area contributed by atoms with Crippen molar-refractivity contribution >= 4 is 35.3 Å². The van der Waals surface area contributed by atoms with Gasteiger partial charge < -0.3 is 15.0 Å². The second kappa shape index (κ2) is 8.64. The lowest BCUT2D eigenvalue weighted by Gasteiger charge is -2.22. The number of ketones is 1. The number of hydrogen-bond acceptors (Lipinski definition) is 6. The van der Waals surface area contributed by atoms with Gasteiger partial charge in [-0.3, -0.25) is 24.1 Å². The molecule has 3 rings (SSSR count).